The van der Waals surface area contributed by atoms with Gasteiger partial charge < -0.3 is 14.7 Å². The van der Waals surface area contributed by atoms with Crippen LogP contribution in [0, 0.1) is 6.92 Å². The van der Waals surface area contributed by atoms with E-state index in [0.717, 1.165) is 10.6 Å². The highest BCUT2D eigenvalue weighted by Gasteiger charge is 2.31. The molecule has 0 radical (unpaired) electrons. The minimum absolute atomic E-state index is 0.111. The molecular weight excluding hydrogens is 340 g/mol. The zero-order valence-electron chi connectivity index (χ0n) is 14.0. The highest BCUT2D eigenvalue weighted by Crippen LogP contribution is 2.24. The number of carboxylic acid groups (broad SMARTS) is 1. The van der Waals surface area contributed by atoms with Gasteiger partial charge in [-0.2, -0.15) is 0 Å². The SMILES string of the molecule is Cc1nc(Cc2ccccc2)sc1C(=O)N1CCOCC1CC(=O)O. The molecule has 7 heteroatoms. The number of amides is 1. The van der Waals surface area contributed by atoms with Crippen LogP contribution in [0.3, 0.4) is 0 Å². The first-order valence-corrected chi connectivity index (χ1v) is 8.97. The maximum Gasteiger partial charge on any atom is 0.305 e. The van der Waals surface area contributed by atoms with E-state index in [2.05, 4.69) is 4.98 Å². The number of benzene rings is 1. The fourth-order valence-corrected chi connectivity index (χ4v) is 3.98. The molecular formula is C18H20N2O4S. The van der Waals surface area contributed by atoms with E-state index in [9.17, 15) is 9.59 Å². The molecule has 0 spiro atoms. The second-order valence-electron chi connectivity index (χ2n) is 6.01. The van der Waals surface area contributed by atoms with Gasteiger partial charge in [0.15, 0.2) is 0 Å². The molecule has 2 heterocycles. The second-order valence-corrected chi connectivity index (χ2v) is 7.09. The van der Waals surface area contributed by atoms with Crippen LogP contribution in [-0.4, -0.2) is 52.7 Å². The number of rotatable bonds is 5. The van der Waals surface area contributed by atoms with Gasteiger partial charge in [0.2, 0.25) is 0 Å². The van der Waals surface area contributed by atoms with Gasteiger partial charge in [-0.05, 0) is 12.5 Å². The minimum atomic E-state index is -0.931. The average molecular weight is 360 g/mol. The number of carboxylic acids is 1. The first kappa shape index (κ1) is 17.6. The van der Waals surface area contributed by atoms with Crippen molar-refractivity contribution in [2.75, 3.05) is 19.8 Å². The minimum Gasteiger partial charge on any atom is -0.481 e. The highest BCUT2D eigenvalue weighted by molar-refractivity contribution is 7.13. The molecule has 0 aliphatic carbocycles. The molecule has 1 N–H and O–H groups in total. The van der Waals surface area contributed by atoms with Gasteiger partial charge in [0.05, 0.1) is 36.4 Å². The lowest BCUT2D eigenvalue weighted by Crippen LogP contribution is -2.49. The maximum atomic E-state index is 12.9. The van der Waals surface area contributed by atoms with E-state index < -0.39 is 12.0 Å². The lowest BCUT2D eigenvalue weighted by molar-refractivity contribution is -0.139. The van der Waals surface area contributed by atoms with Crippen LogP contribution in [0.4, 0.5) is 0 Å². The molecule has 1 saturated heterocycles. The lowest BCUT2D eigenvalue weighted by Gasteiger charge is -2.34. The van der Waals surface area contributed by atoms with Crippen LogP contribution < -0.4 is 0 Å². The van der Waals surface area contributed by atoms with E-state index in [0.29, 0.717) is 30.1 Å². The van der Waals surface area contributed by atoms with Crippen molar-refractivity contribution in [2.45, 2.75) is 25.8 Å². The number of carbonyl (C=O) groups is 2. The fourth-order valence-electron chi connectivity index (χ4n) is 2.92. The van der Waals surface area contributed by atoms with E-state index in [4.69, 9.17) is 9.84 Å². The third kappa shape index (κ3) is 4.24. The zero-order chi connectivity index (χ0) is 17.8. The molecule has 3 rings (SSSR count). The Labute approximate surface area is 150 Å². The summed E-state index contributed by atoms with van der Waals surface area (Å²) in [7, 11) is 0. The van der Waals surface area contributed by atoms with E-state index in [1.165, 1.54) is 11.3 Å². The van der Waals surface area contributed by atoms with Crippen molar-refractivity contribution in [3.8, 4) is 0 Å². The zero-order valence-corrected chi connectivity index (χ0v) is 14.8. The molecule has 132 valence electrons. The van der Waals surface area contributed by atoms with Crippen LogP contribution in [0.5, 0.6) is 0 Å². The molecule has 0 saturated carbocycles. The number of ether oxygens (including phenoxy) is 1. The summed E-state index contributed by atoms with van der Waals surface area (Å²) in [5, 5.41) is 9.94. The molecule has 1 aliphatic rings. The molecule has 1 unspecified atom stereocenters. The number of aromatic nitrogens is 1. The first-order chi connectivity index (χ1) is 12.0. The second kappa shape index (κ2) is 7.76. The number of hydrogen-bond donors (Lipinski definition) is 1. The molecule has 1 atom stereocenters. The predicted molar refractivity (Wildman–Crippen MR) is 94.0 cm³/mol. The summed E-state index contributed by atoms with van der Waals surface area (Å²) >= 11 is 1.39. The largest absolute Gasteiger partial charge is 0.481 e. The normalized spacial score (nSPS) is 17.5. The summed E-state index contributed by atoms with van der Waals surface area (Å²) in [6.07, 6.45) is 0.571. The van der Waals surface area contributed by atoms with Gasteiger partial charge in [-0.1, -0.05) is 30.3 Å². The van der Waals surface area contributed by atoms with Crippen molar-refractivity contribution in [1.82, 2.24) is 9.88 Å². The van der Waals surface area contributed by atoms with Gasteiger partial charge in [-0.25, -0.2) is 4.98 Å². The summed E-state index contributed by atoms with van der Waals surface area (Å²) in [5.41, 5.74) is 1.84. The number of morpholine rings is 1. The van der Waals surface area contributed by atoms with Gasteiger partial charge in [0, 0.05) is 13.0 Å². The van der Waals surface area contributed by atoms with E-state index in [1.807, 2.05) is 37.3 Å². The number of aryl methyl sites for hydroxylation is 1. The Balaban J connectivity index is 1.78. The van der Waals surface area contributed by atoms with Crippen LogP contribution in [0.1, 0.15) is 32.4 Å². The van der Waals surface area contributed by atoms with Crippen molar-refractivity contribution in [1.29, 1.82) is 0 Å². The van der Waals surface area contributed by atoms with Crippen molar-refractivity contribution in [3.63, 3.8) is 0 Å². The van der Waals surface area contributed by atoms with E-state index in [-0.39, 0.29) is 18.9 Å². The molecule has 1 aromatic carbocycles. The van der Waals surface area contributed by atoms with E-state index in [1.54, 1.807) is 4.90 Å². The van der Waals surface area contributed by atoms with Crippen molar-refractivity contribution in [2.24, 2.45) is 0 Å². The summed E-state index contributed by atoms with van der Waals surface area (Å²) < 4.78 is 5.34. The van der Waals surface area contributed by atoms with Gasteiger partial charge in [0.1, 0.15) is 4.88 Å². The molecule has 1 fully saturated rings. The first-order valence-electron chi connectivity index (χ1n) is 8.15. The topological polar surface area (TPSA) is 79.7 Å². The Hall–Kier alpha value is -2.25. The van der Waals surface area contributed by atoms with Crippen molar-refractivity contribution in [3.05, 3.63) is 51.5 Å². The summed E-state index contributed by atoms with van der Waals surface area (Å²) in [4.78, 5) is 30.7. The van der Waals surface area contributed by atoms with E-state index >= 15 is 0 Å². The Bertz CT molecular complexity index is 760. The van der Waals surface area contributed by atoms with Crippen LogP contribution in [0.15, 0.2) is 30.3 Å². The number of hydrogen-bond acceptors (Lipinski definition) is 5. The van der Waals surface area contributed by atoms with Gasteiger partial charge in [0.25, 0.3) is 5.91 Å². The quantitative estimate of drug-likeness (QED) is 0.885. The van der Waals surface area contributed by atoms with Gasteiger partial charge in [-0.3, -0.25) is 9.59 Å². The number of carbonyl (C=O) groups excluding carboxylic acids is 1. The number of nitrogens with zero attached hydrogens (tertiary/aromatic N) is 2. The van der Waals surface area contributed by atoms with Crippen LogP contribution >= 0.6 is 11.3 Å². The third-order valence-electron chi connectivity index (χ3n) is 4.13. The average Bonchev–Trinajstić information content (AvgIpc) is 2.95. The molecule has 2 aromatic rings. The van der Waals surface area contributed by atoms with Gasteiger partial charge in [-0.15, -0.1) is 11.3 Å². The maximum absolute atomic E-state index is 12.9. The molecule has 1 aromatic heterocycles. The Morgan fingerprint density at radius 1 is 1.36 bits per heavy atom. The Kier molecular flexibility index (Phi) is 5.45. The van der Waals surface area contributed by atoms with Crippen LogP contribution in [0.2, 0.25) is 0 Å². The lowest BCUT2D eigenvalue weighted by atomic mass is 10.1. The molecule has 1 aliphatic heterocycles. The third-order valence-corrected chi connectivity index (χ3v) is 5.28. The molecule has 1 amide bonds. The molecule has 0 bridgehead atoms. The number of thiazole rings is 1. The molecule has 6 nitrogen and oxygen atoms in total. The standard InChI is InChI=1S/C18H20N2O4S/c1-12-17(25-15(19-12)9-13-5-3-2-4-6-13)18(23)20-7-8-24-11-14(20)10-16(21)22/h2-6,14H,7-11H2,1H3,(H,21,22). The van der Waals surface area contributed by atoms with Gasteiger partial charge >= 0.3 is 5.97 Å². The summed E-state index contributed by atoms with van der Waals surface area (Å²) in [5.74, 6) is -1.08. The smallest absolute Gasteiger partial charge is 0.305 e. The fraction of sp³-hybridized carbons (Fsp3) is 0.389. The number of aliphatic carboxylic acids is 1. The summed E-state index contributed by atoms with van der Waals surface area (Å²) in [6, 6.07) is 9.55. The Morgan fingerprint density at radius 3 is 2.84 bits per heavy atom. The predicted octanol–water partition coefficient (Wildman–Crippen LogP) is 2.36. The summed E-state index contributed by atoms with van der Waals surface area (Å²) in [6.45, 7) is 2.91. The highest BCUT2D eigenvalue weighted by atomic mass is 32.1. The van der Waals surface area contributed by atoms with Crippen LogP contribution in [0.25, 0.3) is 0 Å². The Morgan fingerprint density at radius 2 is 2.12 bits per heavy atom. The van der Waals surface area contributed by atoms with Crippen molar-refractivity contribution < 1.29 is 19.4 Å². The van der Waals surface area contributed by atoms with Crippen molar-refractivity contribution >= 4 is 23.2 Å². The molecule has 25 heavy (non-hydrogen) atoms. The monoisotopic (exact) mass is 360 g/mol. The van der Waals surface area contributed by atoms with Crippen LogP contribution in [-0.2, 0) is 16.0 Å².